The molecule has 3 aromatic rings. The normalized spacial score (nSPS) is 11.8. The summed E-state index contributed by atoms with van der Waals surface area (Å²) in [5.41, 5.74) is -0.154. The number of benzene rings is 2. The van der Waals surface area contributed by atoms with Crippen LogP contribution < -0.4 is 4.31 Å². The Balaban J connectivity index is 2.03. The van der Waals surface area contributed by atoms with Gasteiger partial charge in [-0.2, -0.15) is 13.2 Å². The van der Waals surface area contributed by atoms with Crippen molar-refractivity contribution in [2.24, 2.45) is 0 Å². The van der Waals surface area contributed by atoms with E-state index in [1.54, 1.807) is 30.3 Å². The summed E-state index contributed by atoms with van der Waals surface area (Å²) in [5.74, 6) is -0.982. The molecule has 0 N–H and O–H groups in total. The van der Waals surface area contributed by atoms with Crippen molar-refractivity contribution in [2.75, 3.05) is 18.0 Å². The monoisotopic (exact) mass is 498 g/mol. The molecular weight excluding hydrogens is 481 g/mol. The van der Waals surface area contributed by atoms with E-state index in [-0.39, 0.29) is 29.2 Å². The second kappa shape index (κ2) is 9.80. The molecule has 0 saturated carbocycles. The maximum atomic E-state index is 13.4. The lowest BCUT2D eigenvalue weighted by molar-refractivity contribution is -0.137. The van der Waals surface area contributed by atoms with Crippen LogP contribution in [-0.2, 0) is 27.4 Å². The molecule has 0 aliphatic heterocycles. The van der Waals surface area contributed by atoms with E-state index in [0.29, 0.717) is 12.3 Å². The Hall–Kier alpha value is -3.11. The molecule has 6 nitrogen and oxygen atoms in total. The second-order valence-electron chi connectivity index (χ2n) is 6.86. The number of alkyl halides is 3. The van der Waals surface area contributed by atoms with E-state index in [4.69, 9.17) is 11.6 Å². The highest BCUT2D eigenvalue weighted by Crippen LogP contribution is 2.35. The third kappa shape index (κ3) is 5.63. The van der Waals surface area contributed by atoms with E-state index in [2.05, 4.69) is 9.72 Å². The summed E-state index contributed by atoms with van der Waals surface area (Å²) >= 11 is 6.06. The smallest absolute Gasteiger partial charge is 0.417 e. The highest BCUT2D eigenvalue weighted by Gasteiger charge is 2.34. The fourth-order valence-corrected chi connectivity index (χ4v) is 4.75. The van der Waals surface area contributed by atoms with Gasteiger partial charge in [0, 0.05) is 12.7 Å². The van der Waals surface area contributed by atoms with Crippen LogP contribution in [-0.4, -0.2) is 33.0 Å². The van der Waals surface area contributed by atoms with Gasteiger partial charge in [0.05, 0.1) is 28.2 Å². The first-order chi connectivity index (χ1) is 15.5. The summed E-state index contributed by atoms with van der Waals surface area (Å²) < 4.78 is 71.4. The van der Waals surface area contributed by atoms with E-state index in [1.807, 2.05) is 0 Å². The van der Waals surface area contributed by atoms with Crippen LogP contribution in [0.25, 0.3) is 0 Å². The number of ether oxygens (including phenoxy) is 1. The number of sulfonamides is 1. The fraction of sp³-hybridized carbons (Fsp3) is 0.182. The number of anilines is 1. The van der Waals surface area contributed by atoms with Crippen LogP contribution in [0.15, 0.2) is 71.8 Å². The van der Waals surface area contributed by atoms with Gasteiger partial charge >= 0.3 is 12.1 Å². The zero-order chi connectivity index (χ0) is 24.2. The van der Waals surface area contributed by atoms with Crippen molar-refractivity contribution in [2.45, 2.75) is 17.5 Å². The number of nitrogens with zero attached hydrogens (tertiary/aromatic N) is 2. The summed E-state index contributed by atoms with van der Waals surface area (Å²) in [5, 5.41) is -0.465. The number of hydrogen-bond acceptors (Lipinski definition) is 5. The molecule has 1 heterocycles. The molecular formula is C22H18ClF3N2O4S. The number of carbonyl (C=O) groups is 1. The summed E-state index contributed by atoms with van der Waals surface area (Å²) in [6.07, 6.45) is -3.90. The molecule has 0 atom stereocenters. The van der Waals surface area contributed by atoms with Gasteiger partial charge in [0.1, 0.15) is 0 Å². The zero-order valence-corrected chi connectivity index (χ0v) is 18.8. The lowest BCUT2D eigenvalue weighted by atomic mass is 10.1. The van der Waals surface area contributed by atoms with Crippen molar-refractivity contribution in [3.63, 3.8) is 0 Å². The number of halogens is 4. The Morgan fingerprint density at radius 2 is 1.73 bits per heavy atom. The molecule has 0 unspecified atom stereocenters. The molecule has 0 fully saturated rings. The Morgan fingerprint density at radius 3 is 2.27 bits per heavy atom. The van der Waals surface area contributed by atoms with Crippen LogP contribution in [0.5, 0.6) is 0 Å². The average molecular weight is 499 g/mol. The van der Waals surface area contributed by atoms with Gasteiger partial charge in [-0.1, -0.05) is 41.9 Å². The van der Waals surface area contributed by atoms with Crippen LogP contribution >= 0.6 is 11.6 Å². The van der Waals surface area contributed by atoms with Crippen LogP contribution in [0.2, 0.25) is 5.02 Å². The molecule has 0 radical (unpaired) electrons. The number of methoxy groups -OCH3 is 1. The third-order valence-corrected chi connectivity index (χ3v) is 6.78. The fourth-order valence-electron chi connectivity index (χ4n) is 2.99. The number of pyridine rings is 1. The summed E-state index contributed by atoms with van der Waals surface area (Å²) in [4.78, 5) is 15.2. The highest BCUT2D eigenvalue weighted by molar-refractivity contribution is 7.92. The van der Waals surface area contributed by atoms with Crippen molar-refractivity contribution in [3.8, 4) is 0 Å². The molecule has 0 amide bonds. The van der Waals surface area contributed by atoms with E-state index in [9.17, 15) is 26.4 Å². The molecule has 0 spiro atoms. The van der Waals surface area contributed by atoms with Gasteiger partial charge in [-0.25, -0.2) is 22.5 Å². The Bertz CT molecular complexity index is 1230. The minimum atomic E-state index is -4.69. The number of carbonyl (C=O) groups excluding carboxylic acids is 1. The summed E-state index contributed by atoms with van der Waals surface area (Å²) in [6.45, 7) is -0.136. The van der Waals surface area contributed by atoms with Gasteiger partial charge < -0.3 is 4.74 Å². The highest BCUT2D eigenvalue weighted by atomic mass is 35.5. The number of rotatable bonds is 7. The maximum Gasteiger partial charge on any atom is 0.417 e. The largest absolute Gasteiger partial charge is 0.465 e. The molecule has 2 aromatic carbocycles. The minimum absolute atomic E-state index is 0.136. The molecule has 33 heavy (non-hydrogen) atoms. The summed E-state index contributed by atoms with van der Waals surface area (Å²) in [7, 11) is -3.10. The molecule has 1 aromatic heterocycles. The third-order valence-electron chi connectivity index (χ3n) is 4.70. The maximum absolute atomic E-state index is 13.4. The van der Waals surface area contributed by atoms with Crippen LogP contribution in [0.1, 0.15) is 21.5 Å². The number of aromatic nitrogens is 1. The molecule has 3 rings (SSSR count). The van der Waals surface area contributed by atoms with Gasteiger partial charge in [-0.3, -0.25) is 0 Å². The second-order valence-corrected chi connectivity index (χ2v) is 9.13. The molecule has 174 valence electrons. The Morgan fingerprint density at radius 1 is 1.09 bits per heavy atom. The van der Waals surface area contributed by atoms with Crippen molar-refractivity contribution in [1.82, 2.24) is 4.98 Å². The molecule has 0 aliphatic carbocycles. The molecule has 11 heteroatoms. The van der Waals surface area contributed by atoms with Crippen molar-refractivity contribution in [1.29, 1.82) is 0 Å². The van der Waals surface area contributed by atoms with Crippen LogP contribution in [0.3, 0.4) is 0 Å². The first-order valence-corrected chi connectivity index (χ1v) is 11.3. The van der Waals surface area contributed by atoms with Crippen molar-refractivity contribution in [3.05, 3.63) is 88.6 Å². The molecule has 0 bridgehead atoms. The minimum Gasteiger partial charge on any atom is -0.465 e. The lowest BCUT2D eigenvalue weighted by Crippen LogP contribution is -2.34. The van der Waals surface area contributed by atoms with Gasteiger partial charge in [0.25, 0.3) is 10.0 Å². The number of hydrogen-bond donors (Lipinski definition) is 0. The van der Waals surface area contributed by atoms with Gasteiger partial charge in [-0.15, -0.1) is 0 Å². The average Bonchev–Trinajstić information content (AvgIpc) is 2.79. The predicted molar refractivity (Wildman–Crippen MR) is 117 cm³/mol. The first-order valence-electron chi connectivity index (χ1n) is 9.52. The summed E-state index contributed by atoms with van der Waals surface area (Å²) in [6, 6.07) is 14.5. The first kappa shape index (κ1) is 24.5. The van der Waals surface area contributed by atoms with Gasteiger partial charge in [0.2, 0.25) is 0 Å². The van der Waals surface area contributed by atoms with Gasteiger partial charge in [-0.05, 0) is 42.3 Å². The topological polar surface area (TPSA) is 76.6 Å². The lowest BCUT2D eigenvalue weighted by Gasteiger charge is -2.25. The van der Waals surface area contributed by atoms with Crippen LogP contribution in [0.4, 0.5) is 19.0 Å². The van der Waals surface area contributed by atoms with E-state index in [1.165, 1.54) is 31.4 Å². The van der Waals surface area contributed by atoms with E-state index in [0.717, 1.165) is 9.87 Å². The number of esters is 1. The molecule has 0 aliphatic rings. The Kier molecular flexibility index (Phi) is 7.28. The quantitative estimate of drug-likeness (QED) is 0.429. The van der Waals surface area contributed by atoms with Crippen LogP contribution in [0, 0.1) is 0 Å². The van der Waals surface area contributed by atoms with Gasteiger partial charge in [0.15, 0.2) is 5.82 Å². The van der Waals surface area contributed by atoms with Crippen molar-refractivity contribution < 1.29 is 31.1 Å². The predicted octanol–water partition coefficient (Wildman–Crippen LogP) is 4.98. The standard InChI is InChI=1S/C22H18ClF3N2O4S/c1-32-21(29)16-7-9-18(10-8-16)33(30,31)28(12-11-15-5-3-2-4-6-15)20-19(23)13-17(14-27-20)22(24,25)26/h2-10,13-14H,11-12H2,1H3. The van der Waals surface area contributed by atoms with E-state index >= 15 is 0 Å². The zero-order valence-electron chi connectivity index (χ0n) is 17.2. The Labute approximate surface area is 193 Å². The van der Waals surface area contributed by atoms with E-state index < -0.39 is 32.8 Å². The van der Waals surface area contributed by atoms with Crippen molar-refractivity contribution >= 4 is 33.4 Å². The SMILES string of the molecule is COC(=O)c1ccc(S(=O)(=O)N(CCc2ccccc2)c2ncc(C(F)(F)F)cc2Cl)cc1. The molecule has 0 saturated heterocycles.